The van der Waals surface area contributed by atoms with Gasteiger partial charge in [-0.15, -0.1) is 11.3 Å². The molecule has 0 saturated heterocycles. The van der Waals surface area contributed by atoms with Gasteiger partial charge in [0.05, 0.1) is 18.5 Å². The van der Waals surface area contributed by atoms with Gasteiger partial charge in [-0.05, 0) is 25.5 Å². The predicted octanol–water partition coefficient (Wildman–Crippen LogP) is 1.59. The van der Waals surface area contributed by atoms with Crippen LogP contribution in [0.25, 0.3) is 10.2 Å². The van der Waals surface area contributed by atoms with Gasteiger partial charge in [-0.25, -0.2) is 4.98 Å². The molecule has 0 saturated carbocycles. The normalized spacial score (nSPS) is 11.3. The van der Waals surface area contributed by atoms with Crippen LogP contribution in [0.2, 0.25) is 0 Å². The van der Waals surface area contributed by atoms with Gasteiger partial charge in [0.15, 0.2) is 0 Å². The summed E-state index contributed by atoms with van der Waals surface area (Å²) in [6.07, 6.45) is 3.68. The van der Waals surface area contributed by atoms with Gasteiger partial charge in [0.2, 0.25) is 0 Å². The topological polar surface area (TPSA) is 75.6 Å². The summed E-state index contributed by atoms with van der Waals surface area (Å²) in [6, 6.07) is 1.90. The molecule has 7 heteroatoms. The number of aryl methyl sites for hydroxylation is 2. The number of rotatable bonds is 5. The third kappa shape index (κ3) is 2.88. The molecule has 0 spiro atoms. The largest absolute Gasteiger partial charge is 0.309 e. The fourth-order valence-corrected chi connectivity index (χ4v) is 3.26. The van der Waals surface area contributed by atoms with Gasteiger partial charge in [0.1, 0.15) is 10.7 Å². The smallest absolute Gasteiger partial charge is 0.259 e. The molecule has 0 fully saturated rings. The predicted molar refractivity (Wildman–Crippen MR) is 83.6 cm³/mol. The maximum absolute atomic E-state index is 12.1. The Kier molecular flexibility index (Phi) is 3.85. The third-order valence-electron chi connectivity index (χ3n) is 3.46. The standard InChI is InChI=1S/C14H17N5OS/c1-9-10(2)21-14-12(9)13(20)17-11(18-14)8-15-5-7-19-6-3-4-16-19/h3-4,6,15H,5,7-8H2,1-2H3,(H,17,18,20). The molecule has 0 radical (unpaired) electrons. The van der Waals surface area contributed by atoms with Crippen LogP contribution in [0.1, 0.15) is 16.3 Å². The number of nitrogens with one attached hydrogen (secondary N) is 2. The van der Waals surface area contributed by atoms with Crippen molar-refractivity contribution in [3.05, 3.63) is 45.1 Å². The molecular weight excluding hydrogens is 286 g/mol. The average Bonchev–Trinajstić information content (AvgIpc) is 3.04. The molecule has 0 aromatic carbocycles. The molecule has 6 nitrogen and oxygen atoms in total. The Hall–Kier alpha value is -1.99. The molecule has 0 aliphatic heterocycles. The molecule has 0 bridgehead atoms. The van der Waals surface area contributed by atoms with Gasteiger partial charge in [-0.3, -0.25) is 9.48 Å². The van der Waals surface area contributed by atoms with E-state index in [1.54, 1.807) is 17.5 Å². The summed E-state index contributed by atoms with van der Waals surface area (Å²) < 4.78 is 1.86. The van der Waals surface area contributed by atoms with E-state index >= 15 is 0 Å². The lowest BCUT2D eigenvalue weighted by Gasteiger charge is -2.04. The van der Waals surface area contributed by atoms with Crippen molar-refractivity contribution < 1.29 is 0 Å². The van der Waals surface area contributed by atoms with E-state index < -0.39 is 0 Å². The van der Waals surface area contributed by atoms with Gasteiger partial charge >= 0.3 is 0 Å². The maximum atomic E-state index is 12.1. The number of hydrogen-bond acceptors (Lipinski definition) is 5. The summed E-state index contributed by atoms with van der Waals surface area (Å²) in [6.45, 7) is 6.08. The van der Waals surface area contributed by atoms with Crippen molar-refractivity contribution in [2.45, 2.75) is 26.9 Å². The molecule has 3 heterocycles. The first-order valence-electron chi connectivity index (χ1n) is 6.82. The van der Waals surface area contributed by atoms with Gasteiger partial charge < -0.3 is 10.3 Å². The molecule has 21 heavy (non-hydrogen) atoms. The minimum atomic E-state index is -0.0503. The molecule has 0 aliphatic carbocycles. The van der Waals surface area contributed by atoms with Crippen LogP contribution in [0.15, 0.2) is 23.3 Å². The second kappa shape index (κ2) is 5.79. The quantitative estimate of drug-likeness (QED) is 0.702. The van der Waals surface area contributed by atoms with Crippen molar-refractivity contribution >= 4 is 21.6 Å². The number of aromatic amines is 1. The SMILES string of the molecule is Cc1sc2nc(CNCCn3cccn3)[nH]c(=O)c2c1C. The highest BCUT2D eigenvalue weighted by molar-refractivity contribution is 7.18. The first-order valence-corrected chi connectivity index (χ1v) is 7.64. The summed E-state index contributed by atoms with van der Waals surface area (Å²) in [5.41, 5.74) is 0.979. The number of aromatic nitrogens is 4. The Balaban J connectivity index is 1.68. The van der Waals surface area contributed by atoms with Crippen LogP contribution in [0.4, 0.5) is 0 Å². The van der Waals surface area contributed by atoms with Gasteiger partial charge in [0.25, 0.3) is 5.56 Å². The fraction of sp³-hybridized carbons (Fsp3) is 0.357. The lowest BCUT2D eigenvalue weighted by molar-refractivity contribution is 0.547. The number of hydrogen-bond donors (Lipinski definition) is 2. The lowest BCUT2D eigenvalue weighted by atomic mass is 10.2. The zero-order valence-corrected chi connectivity index (χ0v) is 12.8. The van der Waals surface area contributed by atoms with Crippen molar-refractivity contribution in [2.75, 3.05) is 6.54 Å². The fourth-order valence-electron chi connectivity index (χ4n) is 2.22. The van der Waals surface area contributed by atoms with Crippen molar-refractivity contribution in [3.8, 4) is 0 Å². The van der Waals surface area contributed by atoms with Crippen molar-refractivity contribution in [2.24, 2.45) is 0 Å². The Morgan fingerprint density at radius 1 is 1.43 bits per heavy atom. The average molecular weight is 303 g/mol. The maximum Gasteiger partial charge on any atom is 0.259 e. The second-order valence-electron chi connectivity index (χ2n) is 4.92. The molecule has 3 aromatic heterocycles. The molecule has 110 valence electrons. The van der Waals surface area contributed by atoms with E-state index in [0.29, 0.717) is 12.4 Å². The third-order valence-corrected chi connectivity index (χ3v) is 4.56. The van der Waals surface area contributed by atoms with E-state index in [1.165, 1.54) is 0 Å². The van der Waals surface area contributed by atoms with Crippen LogP contribution in [0, 0.1) is 13.8 Å². The minimum Gasteiger partial charge on any atom is -0.309 e. The first-order chi connectivity index (χ1) is 10.1. The van der Waals surface area contributed by atoms with Gasteiger partial charge in [-0.1, -0.05) is 0 Å². The zero-order valence-electron chi connectivity index (χ0n) is 12.0. The van der Waals surface area contributed by atoms with E-state index in [9.17, 15) is 4.79 Å². The Bertz CT molecular complexity index is 803. The number of H-pyrrole nitrogens is 1. The highest BCUT2D eigenvalue weighted by atomic mass is 32.1. The molecule has 0 atom stereocenters. The molecule has 0 amide bonds. The summed E-state index contributed by atoms with van der Waals surface area (Å²) in [5, 5.41) is 8.12. The monoisotopic (exact) mass is 303 g/mol. The van der Waals surface area contributed by atoms with E-state index in [2.05, 4.69) is 20.4 Å². The summed E-state index contributed by atoms with van der Waals surface area (Å²) >= 11 is 1.57. The molecule has 3 rings (SSSR count). The van der Waals surface area contributed by atoms with E-state index in [0.717, 1.165) is 33.7 Å². The number of fused-ring (bicyclic) bond motifs is 1. The van der Waals surface area contributed by atoms with Crippen LogP contribution in [0.3, 0.4) is 0 Å². The van der Waals surface area contributed by atoms with Gasteiger partial charge in [0, 0.05) is 23.8 Å². The first kappa shape index (κ1) is 14.0. The summed E-state index contributed by atoms with van der Waals surface area (Å²) in [5.74, 6) is 0.675. The van der Waals surface area contributed by atoms with E-state index in [1.807, 2.05) is 30.8 Å². The number of thiophene rings is 1. The van der Waals surface area contributed by atoms with Crippen LogP contribution in [0.5, 0.6) is 0 Å². The second-order valence-corrected chi connectivity index (χ2v) is 6.13. The Morgan fingerprint density at radius 2 is 2.29 bits per heavy atom. The van der Waals surface area contributed by atoms with E-state index in [-0.39, 0.29) is 5.56 Å². The van der Waals surface area contributed by atoms with Crippen LogP contribution < -0.4 is 10.9 Å². The highest BCUT2D eigenvalue weighted by Crippen LogP contribution is 2.25. The Labute approximate surface area is 125 Å². The molecule has 2 N–H and O–H groups in total. The van der Waals surface area contributed by atoms with Crippen LogP contribution in [-0.4, -0.2) is 26.3 Å². The van der Waals surface area contributed by atoms with Crippen molar-refractivity contribution in [1.29, 1.82) is 0 Å². The highest BCUT2D eigenvalue weighted by Gasteiger charge is 2.11. The summed E-state index contributed by atoms with van der Waals surface area (Å²) in [4.78, 5) is 21.5. The number of nitrogens with zero attached hydrogens (tertiary/aromatic N) is 3. The van der Waals surface area contributed by atoms with Crippen molar-refractivity contribution in [3.63, 3.8) is 0 Å². The van der Waals surface area contributed by atoms with Crippen LogP contribution >= 0.6 is 11.3 Å². The van der Waals surface area contributed by atoms with Crippen molar-refractivity contribution in [1.82, 2.24) is 25.1 Å². The summed E-state index contributed by atoms with van der Waals surface area (Å²) in [7, 11) is 0. The zero-order chi connectivity index (χ0) is 14.8. The molecular formula is C14H17N5OS. The molecule has 0 unspecified atom stereocenters. The van der Waals surface area contributed by atoms with Gasteiger partial charge in [-0.2, -0.15) is 5.10 Å². The van der Waals surface area contributed by atoms with E-state index in [4.69, 9.17) is 0 Å². The molecule has 0 aliphatic rings. The van der Waals surface area contributed by atoms with Crippen LogP contribution in [-0.2, 0) is 13.1 Å². The minimum absolute atomic E-state index is 0.0503. The lowest BCUT2D eigenvalue weighted by Crippen LogP contribution is -2.23. The molecule has 3 aromatic rings. The Morgan fingerprint density at radius 3 is 3.05 bits per heavy atom.